The van der Waals surface area contributed by atoms with Gasteiger partial charge < -0.3 is 9.80 Å². The van der Waals surface area contributed by atoms with Crippen LogP contribution in [0.15, 0.2) is 18.3 Å². The standard InChI is InChI=1S/C21H30N4O/c1-14(2)20(26)15-4-6-16(7-5-15)21-22-11-10-19(23-21)25-17-8-9-18(25)13-24(3)12-17/h6,10-11,14-15,17-18H,4-5,7-9,12-13H2,1-3H3. The fraction of sp³-hybridized carbons (Fsp3) is 0.667. The van der Waals surface area contributed by atoms with E-state index in [2.05, 4.69) is 34.0 Å². The number of aromatic nitrogens is 2. The van der Waals surface area contributed by atoms with Crippen LogP contribution in [0, 0.1) is 11.8 Å². The molecule has 0 aromatic carbocycles. The molecule has 1 aliphatic carbocycles. The summed E-state index contributed by atoms with van der Waals surface area (Å²) < 4.78 is 0. The third kappa shape index (κ3) is 3.29. The van der Waals surface area contributed by atoms with E-state index in [9.17, 15) is 4.79 Å². The molecule has 1 aromatic heterocycles. The highest BCUT2D eigenvalue weighted by Crippen LogP contribution is 2.35. The van der Waals surface area contributed by atoms with Crippen LogP contribution in [0.3, 0.4) is 0 Å². The van der Waals surface area contributed by atoms with Crippen molar-refractivity contribution in [1.82, 2.24) is 14.9 Å². The number of likely N-dealkylation sites (tertiary alicyclic amines) is 1. The molecule has 5 heteroatoms. The number of likely N-dealkylation sites (N-methyl/N-ethyl adjacent to an activating group) is 1. The maximum absolute atomic E-state index is 12.2. The van der Waals surface area contributed by atoms with E-state index in [0.29, 0.717) is 17.9 Å². The minimum Gasteiger partial charge on any atom is -0.348 e. The Kier molecular flexibility index (Phi) is 4.82. The Balaban J connectivity index is 1.51. The first-order valence-electron chi connectivity index (χ1n) is 10.1. The topological polar surface area (TPSA) is 49.3 Å². The number of nitrogens with zero attached hydrogens (tertiary/aromatic N) is 4. The van der Waals surface area contributed by atoms with Crippen molar-refractivity contribution in [1.29, 1.82) is 0 Å². The van der Waals surface area contributed by atoms with E-state index in [1.165, 1.54) is 18.4 Å². The minimum absolute atomic E-state index is 0.127. The largest absolute Gasteiger partial charge is 0.348 e. The van der Waals surface area contributed by atoms with E-state index < -0.39 is 0 Å². The van der Waals surface area contributed by atoms with Crippen molar-refractivity contribution in [2.75, 3.05) is 25.0 Å². The SMILES string of the molecule is CC(C)C(=O)C1CC=C(c2nccc(N3C4CCC3CN(C)C4)n2)CC1. The molecule has 0 saturated carbocycles. The number of anilines is 1. The summed E-state index contributed by atoms with van der Waals surface area (Å²) in [6.45, 7) is 6.24. The lowest BCUT2D eigenvalue weighted by Crippen LogP contribution is -2.52. The molecule has 2 aliphatic heterocycles. The normalized spacial score (nSPS) is 29.2. The molecule has 2 saturated heterocycles. The molecule has 3 heterocycles. The number of Topliss-reactive ketones (excluding diaryl/α,β-unsaturated/α-hetero) is 1. The van der Waals surface area contributed by atoms with Crippen molar-refractivity contribution in [2.24, 2.45) is 11.8 Å². The van der Waals surface area contributed by atoms with E-state index in [-0.39, 0.29) is 11.8 Å². The summed E-state index contributed by atoms with van der Waals surface area (Å²) in [6, 6.07) is 3.22. The summed E-state index contributed by atoms with van der Waals surface area (Å²) in [5.74, 6) is 2.63. The van der Waals surface area contributed by atoms with Crippen LogP contribution in [0.1, 0.15) is 51.8 Å². The molecule has 3 unspecified atom stereocenters. The second kappa shape index (κ2) is 7.10. The Morgan fingerprint density at radius 1 is 1.19 bits per heavy atom. The zero-order valence-electron chi connectivity index (χ0n) is 16.2. The molecule has 1 aromatic rings. The molecule has 3 aliphatic rings. The number of ketones is 1. The Morgan fingerprint density at radius 2 is 1.92 bits per heavy atom. The molecule has 0 amide bonds. The average Bonchev–Trinajstić information content (AvgIpc) is 2.92. The third-order valence-corrected chi connectivity index (χ3v) is 6.24. The van der Waals surface area contributed by atoms with Gasteiger partial charge in [-0.3, -0.25) is 4.79 Å². The minimum atomic E-state index is 0.127. The molecule has 0 spiro atoms. The molecular formula is C21H30N4O. The Bertz CT molecular complexity index is 700. The summed E-state index contributed by atoms with van der Waals surface area (Å²) in [5, 5.41) is 0. The number of rotatable bonds is 4. The quantitative estimate of drug-likeness (QED) is 0.831. The van der Waals surface area contributed by atoms with Gasteiger partial charge in [0.25, 0.3) is 0 Å². The number of hydrogen-bond acceptors (Lipinski definition) is 5. The Hall–Kier alpha value is -1.75. The van der Waals surface area contributed by atoms with E-state index in [0.717, 1.165) is 44.0 Å². The summed E-state index contributed by atoms with van der Waals surface area (Å²) in [5.41, 5.74) is 1.21. The van der Waals surface area contributed by atoms with Crippen LogP contribution < -0.4 is 4.90 Å². The van der Waals surface area contributed by atoms with E-state index in [1.807, 2.05) is 20.0 Å². The van der Waals surface area contributed by atoms with Gasteiger partial charge in [0.1, 0.15) is 11.6 Å². The second-order valence-electron chi connectivity index (χ2n) is 8.51. The molecule has 0 radical (unpaired) electrons. The van der Waals surface area contributed by atoms with Crippen molar-refractivity contribution < 1.29 is 4.79 Å². The highest BCUT2D eigenvalue weighted by molar-refractivity contribution is 5.84. The fourth-order valence-electron chi connectivity index (χ4n) is 4.90. The molecule has 2 fully saturated rings. The predicted molar refractivity (Wildman–Crippen MR) is 104 cm³/mol. The first-order chi connectivity index (χ1) is 12.5. The summed E-state index contributed by atoms with van der Waals surface area (Å²) in [7, 11) is 2.22. The summed E-state index contributed by atoms with van der Waals surface area (Å²) in [4.78, 5) is 26.7. The molecule has 0 N–H and O–H groups in total. The van der Waals surface area contributed by atoms with Gasteiger partial charge in [-0.2, -0.15) is 0 Å². The van der Waals surface area contributed by atoms with Crippen LogP contribution in [0.5, 0.6) is 0 Å². The fourth-order valence-corrected chi connectivity index (χ4v) is 4.90. The first kappa shape index (κ1) is 17.7. The van der Waals surface area contributed by atoms with Gasteiger partial charge >= 0.3 is 0 Å². The van der Waals surface area contributed by atoms with E-state index >= 15 is 0 Å². The Morgan fingerprint density at radius 3 is 2.54 bits per heavy atom. The summed E-state index contributed by atoms with van der Waals surface area (Å²) in [6.07, 6.45) is 9.29. The highest BCUT2D eigenvalue weighted by atomic mass is 16.1. The van der Waals surface area contributed by atoms with Gasteiger partial charge in [0.2, 0.25) is 0 Å². The van der Waals surface area contributed by atoms with Crippen LogP contribution in [0.25, 0.3) is 5.57 Å². The van der Waals surface area contributed by atoms with Crippen molar-refractivity contribution in [3.8, 4) is 0 Å². The van der Waals surface area contributed by atoms with E-state index in [4.69, 9.17) is 4.98 Å². The van der Waals surface area contributed by atoms with Crippen molar-refractivity contribution >= 4 is 17.2 Å². The number of hydrogen-bond donors (Lipinski definition) is 0. The second-order valence-corrected chi connectivity index (χ2v) is 8.51. The summed E-state index contributed by atoms with van der Waals surface area (Å²) >= 11 is 0. The zero-order chi connectivity index (χ0) is 18.3. The van der Waals surface area contributed by atoms with Gasteiger partial charge in [0, 0.05) is 43.2 Å². The van der Waals surface area contributed by atoms with Gasteiger partial charge in [-0.15, -0.1) is 0 Å². The lowest BCUT2D eigenvalue weighted by atomic mass is 9.83. The van der Waals surface area contributed by atoms with Crippen molar-refractivity contribution in [3.63, 3.8) is 0 Å². The van der Waals surface area contributed by atoms with E-state index in [1.54, 1.807) is 0 Å². The zero-order valence-corrected chi connectivity index (χ0v) is 16.2. The van der Waals surface area contributed by atoms with Gasteiger partial charge in [-0.25, -0.2) is 9.97 Å². The number of piperazine rings is 1. The third-order valence-electron chi connectivity index (χ3n) is 6.24. The van der Waals surface area contributed by atoms with Crippen LogP contribution in [-0.4, -0.2) is 52.9 Å². The lowest BCUT2D eigenvalue weighted by Gasteiger charge is -2.40. The molecular weight excluding hydrogens is 324 g/mol. The van der Waals surface area contributed by atoms with Crippen LogP contribution in [0.2, 0.25) is 0 Å². The molecule has 4 rings (SSSR count). The number of carbonyl (C=O) groups excluding carboxylic acids is 1. The lowest BCUT2D eigenvalue weighted by molar-refractivity contribution is -0.126. The number of fused-ring (bicyclic) bond motifs is 2. The average molecular weight is 354 g/mol. The molecule has 140 valence electrons. The predicted octanol–water partition coefficient (Wildman–Crippen LogP) is 3.17. The Labute approximate surface area is 156 Å². The molecule has 3 atom stereocenters. The molecule has 2 bridgehead atoms. The molecule has 26 heavy (non-hydrogen) atoms. The van der Waals surface area contributed by atoms with Crippen LogP contribution >= 0.6 is 0 Å². The monoisotopic (exact) mass is 354 g/mol. The van der Waals surface area contributed by atoms with Crippen molar-refractivity contribution in [3.05, 3.63) is 24.2 Å². The van der Waals surface area contributed by atoms with Gasteiger partial charge in [0.15, 0.2) is 5.82 Å². The first-order valence-corrected chi connectivity index (χ1v) is 10.1. The smallest absolute Gasteiger partial charge is 0.157 e. The van der Waals surface area contributed by atoms with Crippen LogP contribution in [-0.2, 0) is 4.79 Å². The maximum atomic E-state index is 12.2. The maximum Gasteiger partial charge on any atom is 0.157 e. The number of allylic oxidation sites excluding steroid dienone is 2. The van der Waals surface area contributed by atoms with Gasteiger partial charge in [-0.1, -0.05) is 19.9 Å². The van der Waals surface area contributed by atoms with Crippen molar-refractivity contribution in [2.45, 2.75) is 58.0 Å². The molecule has 5 nitrogen and oxygen atoms in total. The van der Waals surface area contributed by atoms with Crippen LogP contribution in [0.4, 0.5) is 5.82 Å². The van der Waals surface area contributed by atoms with Gasteiger partial charge in [0.05, 0.1) is 0 Å². The highest BCUT2D eigenvalue weighted by Gasteiger charge is 2.39. The number of carbonyl (C=O) groups is 1. The van der Waals surface area contributed by atoms with Gasteiger partial charge in [-0.05, 0) is 50.8 Å².